The van der Waals surface area contributed by atoms with Crippen LogP contribution in [0.4, 0.5) is 13.2 Å². The van der Waals surface area contributed by atoms with Crippen molar-refractivity contribution >= 4 is 5.97 Å². The smallest absolute Gasteiger partial charge is 0.416 e. The lowest BCUT2D eigenvalue weighted by molar-refractivity contribution is -0.137. The van der Waals surface area contributed by atoms with Crippen LogP contribution in [0.1, 0.15) is 85.4 Å². The lowest BCUT2D eigenvalue weighted by atomic mass is 9.83. The molecule has 202 valence electrons. The molecule has 1 fully saturated rings. The highest BCUT2D eigenvalue weighted by molar-refractivity contribution is 5.91. The first-order valence-electron chi connectivity index (χ1n) is 12.6. The molecule has 9 heteroatoms. The number of ether oxygens (including phenoxy) is 2. The fourth-order valence-corrected chi connectivity index (χ4v) is 4.72. The Labute approximate surface area is 219 Å². The highest BCUT2D eigenvalue weighted by Gasteiger charge is 2.35. The summed E-state index contributed by atoms with van der Waals surface area (Å²) in [4.78, 5) is 22.0. The molecule has 38 heavy (non-hydrogen) atoms. The van der Waals surface area contributed by atoms with Crippen LogP contribution in [0.15, 0.2) is 54.6 Å². The molecule has 1 aliphatic rings. The number of alkyl halides is 3. The first kappa shape index (κ1) is 27.4. The van der Waals surface area contributed by atoms with Crippen LogP contribution in [0, 0.1) is 5.92 Å². The normalized spacial score (nSPS) is 15.3. The van der Waals surface area contributed by atoms with E-state index in [0.29, 0.717) is 5.56 Å². The van der Waals surface area contributed by atoms with Gasteiger partial charge in [-0.2, -0.15) is 18.2 Å². The van der Waals surface area contributed by atoms with Gasteiger partial charge in [-0.25, -0.2) is 9.78 Å². The third-order valence-corrected chi connectivity index (χ3v) is 6.43. The van der Waals surface area contributed by atoms with E-state index < -0.39 is 35.1 Å². The van der Waals surface area contributed by atoms with Gasteiger partial charge in [-0.1, -0.05) is 55.3 Å². The molecular weight excluding hydrogens is 497 g/mol. The zero-order valence-electron chi connectivity index (χ0n) is 21.6. The van der Waals surface area contributed by atoms with Gasteiger partial charge in [0.05, 0.1) is 5.56 Å². The highest BCUT2D eigenvalue weighted by atomic mass is 19.4. The second-order valence-electron chi connectivity index (χ2n) is 10.5. The van der Waals surface area contributed by atoms with Gasteiger partial charge < -0.3 is 14.6 Å². The Morgan fingerprint density at radius 3 is 2.21 bits per heavy atom. The minimum absolute atomic E-state index is 0.0358. The predicted octanol–water partition coefficient (Wildman–Crippen LogP) is 7.06. The molecule has 2 aromatic carbocycles. The zero-order chi connectivity index (χ0) is 27.5. The maximum absolute atomic E-state index is 13.2. The van der Waals surface area contributed by atoms with E-state index in [4.69, 9.17) is 9.47 Å². The quantitative estimate of drug-likeness (QED) is 0.331. The van der Waals surface area contributed by atoms with Crippen molar-refractivity contribution in [1.29, 1.82) is 0 Å². The fourth-order valence-electron chi connectivity index (χ4n) is 4.72. The van der Waals surface area contributed by atoms with Crippen LogP contribution in [0.25, 0.3) is 0 Å². The van der Waals surface area contributed by atoms with E-state index >= 15 is 0 Å². The summed E-state index contributed by atoms with van der Waals surface area (Å²) in [6.07, 6.45) is -0.887. The van der Waals surface area contributed by atoms with Crippen LogP contribution >= 0.6 is 0 Å². The largest absolute Gasteiger partial charge is 0.491 e. The van der Waals surface area contributed by atoms with Crippen molar-refractivity contribution in [2.24, 2.45) is 5.92 Å². The van der Waals surface area contributed by atoms with Crippen LogP contribution in [-0.2, 0) is 17.5 Å². The van der Waals surface area contributed by atoms with Gasteiger partial charge in [-0.05, 0) is 62.8 Å². The summed E-state index contributed by atoms with van der Waals surface area (Å²) in [5, 5.41) is 11.0. The Balaban J connectivity index is 1.77. The number of esters is 1. The maximum Gasteiger partial charge on any atom is 0.416 e. The van der Waals surface area contributed by atoms with E-state index in [9.17, 15) is 23.1 Å². The summed E-state index contributed by atoms with van der Waals surface area (Å²) in [6, 6.07) is 14.1. The number of rotatable bonds is 7. The predicted molar refractivity (Wildman–Crippen MR) is 135 cm³/mol. The number of hydrogen-bond acceptors (Lipinski definition) is 6. The number of nitrogens with zero attached hydrogens (tertiary/aromatic N) is 2. The number of aromatic hydroxyl groups is 1. The number of carbonyl (C=O) groups is 1. The molecule has 1 aliphatic carbocycles. The first-order valence-corrected chi connectivity index (χ1v) is 12.6. The van der Waals surface area contributed by atoms with Crippen molar-refractivity contribution in [3.05, 3.63) is 82.8 Å². The van der Waals surface area contributed by atoms with Crippen LogP contribution in [0.5, 0.6) is 11.6 Å². The van der Waals surface area contributed by atoms with E-state index in [1.807, 2.05) is 30.3 Å². The standard InChI is InChI=1S/C29H31F3N2O4/c1-28(2,3)38-27(36)23-24(37-17-18-9-5-4-6-10-18)26(35)34-25(33-23)22(19-11-7-8-12-19)20-13-15-21(16-14-20)29(30,31)32/h4-6,9-10,13-16,19,22H,7-8,11-12,17H2,1-3H3,(H,33,34,35). The molecule has 0 bridgehead atoms. The first-order chi connectivity index (χ1) is 17.9. The monoisotopic (exact) mass is 528 g/mol. The van der Waals surface area contributed by atoms with E-state index in [1.165, 1.54) is 12.1 Å². The lowest BCUT2D eigenvalue weighted by Gasteiger charge is -2.25. The molecule has 1 saturated carbocycles. The van der Waals surface area contributed by atoms with Gasteiger partial charge in [-0.3, -0.25) is 0 Å². The Kier molecular flexibility index (Phi) is 7.94. The van der Waals surface area contributed by atoms with Crippen molar-refractivity contribution in [1.82, 2.24) is 9.97 Å². The molecule has 1 heterocycles. The van der Waals surface area contributed by atoms with E-state index in [2.05, 4.69) is 9.97 Å². The minimum Gasteiger partial charge on any atom is -0.491 e. The van der Waals surface area contributed by atoms with Crippen LogP contribution in [0.3, 0.4) is 0 Å². The van der Waals surface area contributed by atoms with Crippen molar-refractivity contribution < 1.29 is 32.5 Å². The van der Waals surface area contributed by atoms with Gasteiger partial charge in [-0.15, -0.1) is 0 Å². The summed E-state index contributed by atoms with van der Waals surface area (Å²) < 4.78 is 50.9. The number of benzene rings is 2. The van der Waals surface area contributed by atoms with E-state index in [0.717, 1.165) is 43.4 Å². The molecule has 1 atom stereocenters. The third-order valence-electron chi connectivity index (χ3n) is 6.43. The maximum atomic E-state index is 13.2. The second-order valence-corrected chi connectivity index (χ2v) is 10.5. The Bertz CT molecular complexity index is 1250. The molecule has 1 unspecified atom stereocenters. The van der Waals surface area contributed by atoms with E-state index in [1.54, 1.807) is 20.8 Å². The van der Waals surface area contributed by atoms with E-state index in [-0.39, 0.29) is 29.8 Å². The third kappa shape index (κ3) is 6.62. The van der Waals surface area contributed by atoms with Crippen molar-refractivity contribution in [2.75, 3.05) is 0 Å². The van der Waals surface area contributed by atoms with Crippen molar-refractivity contribution in [3.63, 3.8) is 0 Å². The highest BCUT2D eigenvalue weighted by Crippen LogP contribution is 2.43. The average Bonchev–Trinajstić information content (AvgIpc) is 3.37. The minimum atomic E-state index is -4.46. The molecule has 1 aromatic heterocycles. The lowest BCUT2D eigenvalue weighted by Crippen LogP contribution is -2.26. The van der Waals surface area contributed by atoms with Gasteiger partial charge in [0.2, 0.25) is 5.75 Å². The van der Waals surface area contributed by atoms with Crippen LogP contribution in [0.2, 0.25) is 0 Å². The SMILES string of the molecule is CC(C)(C)OC(=O)c1nc(C(c2ccc(C(F)(F)F)cc2)C2CCCC2)nc(O)c1OCc1ccccc1. The molecule has 6 nitrogen and oxygen atoms in total. The Morgan fingerprint density at radius 1 is 1.00 bits per heavy atom. The molecule has 0 amide bonds. The topological polar surface area (TPSA) is 81.5 Å². The fraction of sp³-hybridized carbons (Fsp3) is 0.414. The number of hydrogen-bond donors (Lipinski definition) is 1. The molecule has 4 rings (SSSR count). The van der Waals surface area contributed by atoms with Gasteiger partial charge in [0, 0.05) is 5.92 Å². The van der Waals surface area contributed by atoms with Crippen molar-refractivity contribution in [3.8, 4) is 11.6 Å². The van der Waals surface area contributed by atoms with Gasteiger partial charge in [0.25, 0.3) is 5.88 Å². The summed E-state index contributed by atoms with van der Waals surface area (Å²) in [5.74, 6) is -1.87. The summed E-state index contributed by atoms with van der Waals surface area (Å²) in [6.45, 7) is 5.18. The number of aromatic nitrogens is 2. The molecule has 0 spiro atoms. The van der Waals surface area contributed by atoms with Gasteiger partial charge in [0.1, 0.15) is 18.0 Å². The van der Waals surface area contributed by atoms with Crippen LogP contribution in [-0.4, -0.2) is 26.6 Å². The number of halogens is 3. The molecule has 0 radical (unpaired) electrons. The zero-order valence-corrected chi connectivity index (χ0v) is 21.6. The van der Waals surface area contributed by atoms with Crippen LogP contribution < -0.4 is 4.74 Å². The summed E-state index contributed by atoms with van der Waals surface area (Å²) >= 11 is 0. The summed E-state index contributed by atoms with van der Waals surface area (Å²) in [7, 11) is 0. The Morgan fingerprint density at radius 2 is 1.63 bits per heavy atom. The molecule has 1 N–H and O–H groups in total. The number of carbonyl (C=O) groups excluding carboxylic acids is 1. The van der Waals surface area contributed by atoms with Crippen molar-refractivity contribution in [2.45, 2.75) is 70.8 Å². The molecule has 0 saturated heterocycles. The average molecular weight is 529 g/mol. The Hall–Kier alpha value is -3.62. The van der Waals surface area contributed by atoms with Gasteiger partial charge >= 0.3 is 12.1 Å². The van der Waals surface area contributed by atoms with Gasteiger partial charge in [0.15, 0.2) is 5.69 Å². The molecule has 3 aromatic rings. The molecular formula is C29H31F3N2O4. The molecule has 0 aliphatic heterocycles. The summed E-state index contributed by atoms with van der Waals surface area (Å²) in [5.41, 5.74) is -0.438. The second kappa shape index (κ2) is 11.0.